The van der Waals surface area contributed by atoms with E-state index in [0.29, 0.717) is 11.1 Å². The van der Waals surface area contributed by atoms with Gasteiger partial charge in [0, 0.05) is 0 Å². The molecule has 0 spiro atoms. The monoisotopic (exact) mass is 266 g/mol. The topological polar surface area (TPSA) is 20.2 Å². The molecule has 0 aliphatic heterocycles. The molecule has 0 amide bonds. The van der Waals surface area contributed by atoms with Crippen molar-refractivity contribution in [1.29, 1.82) is 0 Å². The van der Waals surface area contributed by atoms with Crippen LogP contribution in [0.15, 0.2) is 48.5 Å². The summed E-state index contributed by atoms with van der Waals surface area (Å²) in [5.41, 5.74) is 1.33. The van der Waals surface area contributed by atoms with Crippen molar-refractivity contribution >= 4 is 0 Å². The van der Waals surface area contributed by atoms with E-state index < -0.39 is 17.8 Å². The summed E-state index contributed by atoms with van der Waals surface area (Å²) in [5.74, 6) is 0. The molecule has 4 heteroatoms. The first-order valence-corrected chi connectivity index (χ1v) is 5.80. The minimum Gasteiger partial charge on any atom is -0.384 e. The van der Waals surface area contributed by atoms with E-state index in [0.717, 1.165) is 17.7 Å². The number of rotatable bonds is 2. The van der Waals surface area contributed by atoms with Gasteiger partial charge in [-0.25, -0.2) is 0 Å². The average molecular weight is 266 g/mol. The van der Waals surface area contributed by atoms with Gasteiger partial charge in [-0.3, -0.25) is 0 Å². The van der Waals surface area contributed by atoms with Crippen LogP contribution in [-0.4, -0.2) is 5.11 Å². The molecule has 2 rings (SSSR count). The highest BCUT2D eigenvalue weighted by Crippen LogP contribution is 2.31. The first-order valence-electron chi connectivity index (χ1n) is 5.80. The van der Waals surface area contributed by atoms with Crippen molar-refractivity contribution in [1.82, 2.24) is 0 Å². The Morgan fingerprint density at radius 3 is 2.05 bits per heavy atom. The average Bonchev–Trinajstić information content (AvgIpc) is 2.38. The number of halogens is 3. The lowest BCUT2D eigenvalue weighted by atomic mass is 9.97. The maximum atomic E-state index is 12.4. The lowest BCUT2D eigenvalue weighted by Crippen LogP contribution is -2.06. The Hall–Kier alpha value is -1.81. The third-order valence-corrected chi connectivity index (χ3v) is 3.04. The van der Waals surface area contributed by atoms with E-state index in [4.69, 9.17) is 0 Å². The number of aliphatic hydroxyl groups excluding tert-OH is 1. The van der Waals surface area contributed by atoms with Gasteiger partial charge in [0.15, 0.2) is 0 Å². The minimum atomic E-state index is -4.36. The summed E-state index contributed by atoms with van der Waals surface area (Å²) in [6, 6.07) is 11.8. The van der Waals surface area contributed by atoms with Crippen LogP contribution in [0.3, 0.4) is 0 Å². The maximum Gasteiger partial charge on any atom is 0.416 e. The van der Waals surface area contributed by atoms with Crippen LogP contribution in [0.2, 0.25) is 0 Å². The third-order valence-electron chi connectivity index (χ3n) is 3.04. The van der Waals surface area contributed by atoms with Crippen LogP contribution in [-0.2, 0) is 6.18 Å². The molecular weight excluding hydrogens is 253 g/mol. The molecule has 0 aliphatic carbocycles. The lowest BCUT2D eigenvalue weighted by Gasteiger charge is -2.15. The molecule has 1 N–H and O–H groups in total. The van der Waals surface area contributed by atoms with Crippen molar-refractivity contribution in [2.45, 2.75) is 19.2 Å². The largest absolute Gasteiger partial charge is 0.416 e. The lowest BCUT2D eigenvalue weighted by molar-refractivity contribution is -0.137. The summed E-state index contributed by atoms with van der Waals surface area (Å²) in [5, 5.41) is 10.2. The molecule has 100 valence electrons. The van der Waals surface area contributed by atoms with Gasteiger partial charge in [-0.15, -0.1) is 0 Å². The Bertz CT molecular complexity index is 558. The number of aryl methyl sites for hydroxylation is 1. The van der Waals surface area contributed by atoms with Gasteiger partial charge in [-0.2, -0.15) is 13.2 Å². The Balaban J connectivity index is 2.31. The summed E-state index contributed by atoms with van der Waals surface area (Å²) in [4.78, 5) is 0. The number of aliphatic hydroxyl groups is 1. The van der Waals surface area contributed by atoms with Gasteiger partial charge in [0.05, 0.1) is 5.56 Å². The van der Waals surface area contributed by atoms with E-state index in [-0.39, 0.29) is 0 Å². The molecule has 0 saturated heterocycles. The molecule has 2 aromatic carbocycles. The van der Waals surface area contributed by atoms with Crippen LogP contribution in [0.25, 0.3) is 0 Å². The highest BCUT2D eigenvalue weighted by molar-refractivity contribution is 5.36. The summed E-state index contributed by atoms with van der Waals surface area (Å²) in [6.45, 7) is 1.85. The first kappa shape index (κ1) is 13.6. The molecule has 0 radical (unpaired) electrons. The third kappa shape index (κ3) is 2.96. The summed E-state index contributed by atoms with van der Waals surface area (Å²) >= 11 is 0. The second kappa shape index (κ2) is 5.05. The van der Waals surface area contributed by atoms with Crippen molar-refractivity contribution < 1.29 is 18.3 Å². The van der Waals surface area contributed by atoms with E-state index in [1.807, 2.05) is 19.1 Å². The molecule has 0 heterocycles. The Kier molecular flexibility index (Phi) is 3.62. The molecular formula is C15H13F3O. The summed E-state index contributed by atoms with van der Waals surface area (Å²) < 4.78 is 37.3. The van der Waals surface area contributed by atoms with Crippen LogP contribution in [0.1, 0.15) is 28.4 Å². The number of benzene rings is 2. The fourth-order valence-corrected chi connectivity index (χ4v) is 1.93. The van der Waals surface area contributed by atoms with Crippen molar-refractivity contribution in [3.05, 3.63) is 70.8 Å². The number of alkyl halides is 3. The number of hydrogen-bond donors (Lipinski definition) is 1. The predicted octanol–water partition coefficient (Wildman–Crippen LogP) is 4.10. The molecule has 19 heavy (non-hydrogen) atoms. The molecule has 0 fully saturated rings. The van der Waals surface area contributed by atoms with E-state index in [9.17, 15) is 18.3 Å². The van der Waals surface area contributed by atoms with E-state index in [2.05, 4.69) is 0 Å². The van der Waals surface area contributed by atoms with Crippen LogP contribution in [0, 0.1) is 6.92 Å². The molecule has 0 unspecified atom stereocenters. The number of hydrogen-bond acceptors (Lipinski definition) is 1. The van der Waals surface area contributed by atoms with Crippen molar-refractivity contribution in [2.75, 3.05) is 0 Å². The fraction of sp³-hybridized carbons (Fsp3) is 0.200. The van der Waals surface area contributed by atoms with E-state index in [1.165, 1.54) is 12.1 Å². The second-order valence-corrected chi connectivity index (χ2v) is 4.38. The molecule has 2 aromatic rings. The zero-order valence-electron chi connectivity index (χ0n) is 10.3. The van der Waals surface area contributed by atoms with Crippen LogP contribution < -0.4 is 0 Å². The standard InChI is InChI=1S/C15H13F3O/c1-10-4-2-3-5-13(10)14(19)11-6-8-12(9-7-11)15(16,17)18/h2-9,14,19H,1H3/t14-/m0/s1. The quantitative estimate of drug-likeness (QED) is 0.867. The maximum absolute atomic E-state index is 12.4. The Morgan fingerprint density at radius 2 is 1.53 bits per heavy atom. The highest BCUT2D eigenvalue weighted by Gasteiger charge is 2.30. The molecule has 1 atom stereocenters. The van der Waals surface area contributed by atoms with Gasteiger partial charge in [-0.05, 0) is 35.7 Å². The smallest absolute Gasteiger partial charge is 0.384 e. The molecule has 0 aliphatic rings. The van der Waals surface area contributed by atoms with Gasteiger partial charge < -0.3 is 5.11 Å². The molecule has 0 saturated carbocycles. The van der Waals surface area contributed by atoms with Gasteiger partial charge in [-0.1, -0.05) is 36.4 Å². The fourth-order valence-electron chi connectivity index (χ4n) is 1.93. The molecule has 0 aromatic heterocycles. The zero-order chi connectivity index (χ0) is 14.0. The normalized spacial score (nSPS) is 13.3. The molecule has 1 nitrogen and oxygen atoms in total. The summed E-state index contributed by atoms with van der Waals surface area (Å²) in [6.07, 6.45) is -5.27. The Labute approximate surface area is 109 Å². The summed E-state index contributed by atoms with van der Waals surface area (Å²) in [7, 11) is 0. The van der Waals surface area contributed by atoms with Crippen molar-refractivity contribution in [2.24, 2.45) is 0 Å². The van der Waals surface area contributed by atoms with Gasteiger partial charge in [0.25, 0.3) is 0 Å². The SMILES string of the molecule is Cc1ccccc1[C@@H](O)c1ccc(C(F)(F)F)cc1. The predicted molar refractivity (Wildman–Crippen MR) is 66.7 cm³/mol. The van der Waals surface area contributed by atoms with Gasteiger partial charge in [0.2, 0.25) is 0 Å². The van der Waals surface area contributed by atoms with Gasteiger partial charge >= 0.3 is 6.18 Å². The van der Waals surface area contributed by atoms with Crippen LogP contribution in [0.4, 0.5) is 13.2 Å². The first-order chi connectivity index (χ1) is 8.89. The highest BCUT2D eigenvalue weighted by atomic mass is 19.4. The van der Waals surface area contributed by atoms with E-state index >= 15 is 0 Å². The zero-order valence-corrected chi connectivity index (χ0v) is 10.3. The molecule has 0 bridgehead atoms. The Morgan fingerprint density at radius 1 is 0.947 bits per heavy atom. The van der Waals surface area contributed by atoms with Crippen molar-refractivity contribution in [3.8, 4) is 0 Å². The van der Waals surface area contributed by atoms with Crippen LogP contribution >= 0.6 is 0 Å². The minimum absolute atomic E-state index is 0.447. The van der Waals surface area contributed by atoms with Crippen molar-refractivity contribution in [3.63, 3.8) is 0 Å². The van der Waals surface area contributed by atoms with Gasteiger partial charge in [0.1, 0.15) is 6.10 Å². The second-order valence-electron chi connectivity index (χ2n) is 4.38. The van der Waals surface area contributed by atoms with Crippen LogP contribution in [0.5, 0.6) is 0 Å². The van der Waals surface area contributed by atoms with E-state index in [1.54, 1.807) is 12.1 Å².